The Bertz CT molecular complexity index is 1020. The number of para-hydroxylation sites is 1. The standard InChI is InChI=1S/C24H28N4O/c1-5-16(2)28-23(25-21-14-10-9-13-20(21)24(28)29)22-17(3)26-27(18(22)4)15-19-11-7-6-8-12-19/h6-14,16,23,25H,5,15H2,1-4H3/t16-,23-/m0/s1. The Morgan fingerprint density at radius 2 is 1.76 bits per heavy atom. The lowest BCUT2D eigenvalue weighted by atomic mass is 9.99. The smallest absolute Gasteiger partial charge is 0.258 e. The van der Waals surface area contributed by atoms with Crippen LogP contribution in [0.2, 0.25) is 0 Å². The number of carbonyl (C=O) groups excluding carboxylic acids is 1. The van der Waals surface area contributed by atoms with Gasteiger partial charge in [0, 0.05) is 23.0 Å². The third-order valence-corrected chi connectivity index (χ3v) is 5.91. The highest BCUT2D eigenvalue weighted by Crippen LogP contribution is 2.37. The van der Waals surface area contributed by atoms with E-state index in [0.717, 1.165) is 34.6 Å². The van der Waals surface area contributed by atoms with Gasteiger partial charge in [0.1, 0.15) is 6.17 Å². The fraction of sp³-hybridized carbons (Fsp3) is 0.333. The first-order valence-electron chi connectivity index (χ1n) is 10.3. The molecular weight excluding hydrogens is 360 g/mol. The fourth-order valence-electron chi connectivity index (χ4n) is 4.15. The molecular formula is C24H28N4O. The Morgan fingerprint density at radius 3 is 2.48 bits per heavy atom. The lowest BCUT2D eigenvalue weighted by molar-refractivity contribution is 0.0592. The molecule has 1 aliphatic rings. The quantitative estimate of drug-likeness (QED) is 0.675. The Morgan fingerprint density at radius 1 is 1.07 bits per heavy atom. The number of rotatable bonds is 5. The largest absolute Gasteiger partial charge is 0.361 e. The monoisotopic (exact) mass is 388 g/mol. The molecule has 1 aromatic heterocycles. The first-order chi connectivity index (χ1) is 14.0. The normalized spacial score (nSPS) is 17.0. The van der Waals surface area contributed by atoms with Gasteiger partial charge in [-0.15, -0.1) is 0 Å². The molecule has 2 atom stereocenters. The van der Waals surface area contributed by atoms with Crippen LogP contribution in [0, 0.1) is 13.8 Å². The van der Waals surface area contributed by atoms with Crippen LogP contribution in [0.5, 0.6) is 0 Å². The van der Waals surface area contributed by atoms with Crippen molar-refractivity contribution in [2.24, 2.45) is 0 Å². The van der Waals surface area contributed by atoms with Crippen molar-refractivity contribution >= 4 is 11.6 Å². The van der Waals surface area contributed by atoms with Crippen LogP contribution in [0.4, 0.5) is 5.69 Å². The zero-order valence-electron chi connectivity index (χ0n) is 17.5. The van der Waals surface area contributed by atoms with Gasteiger partial charge in [0.05, 0.1) is 17.8 Å². The van der Waals surface area contributed by atoms with Gasteiger partial charge in [-0.05, 0) is 44.9 Å². The number of fused-ring (bicyclic) bond motifs is 1. The van der Waals surface area contributed by atoms with Gasteiger partial charge in [0.25, 0.3) is 5.91 Å². The molecule has 1 N–H and O–H groups in total. The van der Waals surface area contributed by atoms with Crippen LogP contribution < -0.4 is 5.32 Å². The van der Waals surface area contributed by atoms with Gasteiger partial charge in [-0.2, -0.15) is 5.10 Å². The minimum Gasteiger partial charge on any atom is -0.361 e. The van der Waals surface area contributed by atoms with Crippen molar-refractivity contribution in [3.63, 3.8) is 0 Å². The van der Waals surface area contributed by atoms with Crippen LogP contribution >= 0.6 is 0 Å². The average molecular weight is 389 g/mol. The van der Waals surface area contributed by atoms with E-state index in [2.05, 4.69) is 38.2 Å². The minimum atomic E-state index is -0.225. The van der Waals surface area contributed by atoms with E-state index >= 15 is 0 Å². The van der Waals surface area contributed by atoms with Crippen molar-refractivity contribution in [1.29, 1.82) is 0 Å². The van der Waals surface area contributed by atoms with E-state index in [-0.39, 0.29) is 18.1 Å². The molecule has 0 bridgehead atoms. The number of benzene rings is 2. The summed E-state index contributed by atoms with van der Waals surface area (Å²) in [6, 6.07) is 18.2. The van der Waals surface area contributed by atoms with E-state index in [9.17, 15) is 4.79 Å². The number of nitrogens with zero attached hydrogens (tertiary/aromatic N) is 3. The Kier molecular flexibility index (Phi) is 5.14. The third kappa shape index (κ3) is 3.41. The Hall–Kier alpha value is -3.08. The average Bonchev–Trinajstić information content (AvgIpc) is 3.01. The van der Waals surface area contributed by atoms with E-state index in [0.29, 0.717) is 6.54 Å². The van der Waals surface area contributed by atoms with Crippen LogP contribution in [0.25, 0.3) is 0 Å². The SMILES string of the molecule is CC[C@H](C)N1C(=O)c2ccccc2N[C@@H]1c1c(C)nn(Cc2ccccc2)c1C. The molecule has 5 heteroatoms. The van der Waals surface area contributed by atoms with Crippen LogP contribution in [0.3, 0.4) is 0 Å². The summed E-state index contributed by atoms with van der Waals surface area (Å²) in [7, 11) is 0. The molecule has 2 aromatic carbocycles. The fourth-order valence-corrected chi connectivity index (χ4v) is 4.15. The van der Waals surface area contributed by atoms with Gasteiger partial charge >= 0.3 is 0 Å². The third-order valence-electron chi connectivity index (χ3n) is 5.91. The Labute approximate surface area is 172 Å². The van der Waals surface area contributed by atoms with Gasteiger partial charge in [-0.1, -0.05) is 49.4 Å². The lowest BCUT2D eigenvalue weighted by Gasteiger charge is -2.41. The highest BCUT2D eigenvalue weighted by atomic mass is 16.2. The van der Waals surface area contributed by atoms with Crippen LogP contribution in [-0.2, 0) is 6.54 Å². The van der Waals surface area contributed by atoms with Crippen molar-refractivity contribution in [1.82, 2.24) is 14.7 Å². The first kappa shape index (κ1) is 19.2. The van der Waals surface area contributed by atoms with Crippen molar-refractivity contribution in [3.8, 4) is 0 Å². The number of nitrogens with one attached hydrogen (secondary N) is 1. The van der Waals surface area contributed by atoms with Gasteiger partial charge in [0.15, 0.2) is 0 Å². The maximum Gasteiger partial charge on any atom is 0.258 e. The zero-order valence-corrected chi connectivity index (χ0v) is 17.5. The summed E-state index contributed by atoms with van der Waals surface area (Å²) in [4.78, 5) is 15.4. The molecule has 0 saturated heterocycles. The summed E-state index contributed by atoms with van der Waals surface area (Å²) >= 11 is 0. The predicted octanol–water partition coefficient (Wildman–Crippen LogP) is 4.91. The van der Waals surface area contributed by atoms with Crippen molar-refractivity contribution in [3.05, 3.63) is 82.7 Å². The summed E-state index contributed by atoms with van der Waals surface area (Å²) in [6.45, 7) is 9.08. The maximum atomic E-state index is 13.4. The van der Waals surface area contributed by atoms with Gasteiger partial charge in [0.2, 0.25) is 0 Å². The van der Waals surface area contributed by atoms with Crippen LogP contribution in [-0.4, -0.2) is 26.6 Å². The molecule has 1 aliphatic heterocycles. The number of hydrogen-bond donors (Lipinski definition) is 1. The van der Waals surface area contributed by atoms with Gasteiger partial charge in [-0.3, -0.25) is 9.48 Å². The molecule has 0 spiro atoms. The van der Waals surface area contributed by atoms with Crippen LogP contribution in [0.1, 0.15) is 59.3 Å². The lowest BCUT2D eigenvalue weighted by Crippen LogP contribution is -2.47. The van der Waals surface area contributed by atoms with Crippen molar-refractivity contribution < 1.29 is 4.79 Å². The minimum absolute atomic E-state index is 0.0771. The summed E-state index contributed by atoms with van der Waals surface area (Å²) in [6.07, 6.45) is 0.666. The number of hydrogen-bond acceptors (Lipinski definition) is 3. The molecule has 2 heterocycles. The summed E-state index contributed by atoms with van der Waals surface area (Å²) in [5, 5.41) is 8.44. The molecule has 0 unspecified atom stereocenters. The molecule has 29 heavy (non-hydrogen) atoms. The molecule has 5 nitrogen and oxygen atoms in total. The van der Waals surface area contributed by atoms with E-state index in [1.54, 1.807) is 0 Å². The van der Waals surface area contributed by atoms with E-state index in [4.69, 9.17) is 5.10 Å². The zero-order chi connectivity index (χ0) is 20.5. The number of aryl methyl sites for hydroxylation is 1. The topological polar surface area (TPSA) is 50.2 Å². The second kappa shape index (κ2) is 7.74. The number of anilines is 1. The second-order valence-electron chi connectivity index (χ2n) is 7.79. The molecule has 4 rings (SSSR count). The van der Waals surface area contributed by atoms with Crippen LogP contribution in [0.15, 0.2) is 54.6 Å². The predicted molar refractivity (Wildman–Crippen MR) is 116 cm³/mol. The second-order valence-corrected chi connectivity index (χ2v) is 7.79. The Balaban J connectivity index is 1.77. The van der Waals surface area contributed by atoms with Crippen molar-refractivity contribution in [2.45, 2.75) is 52.9 Å². The molecule has 0 aliphatic carbocycles. The van der Waals surface area contributed by atoms with Gasteiger partial charge < -0.3 is 10.2 Å². The molecule has 0 fully saturated rings. The highest BCUT2D eigenvalue weighted by Gasteiger charge is 2.37. The van der Waals surface area contributed by atoms with E-state index < -0.39 is 0 Å². The van der Waals surface area contributed by atoms with Crippen molar-refractivity contribution in [2.75, 3.05) is 5.32 Å². The number of carbonyl (C=O) groups is 1. The molecule has 0 radical (unpaired) electrons. The highest BCUT2D eigenvalue weighted by molar-refractivity contribution is 6.02. The number of amides is 1. The van der Waals surface area contributed by atoms with Gasteiger partial charge in [-0.25, -0.2) is 0 Å². The number of aromatic nitrogens is 2. The molecule has 150 valence electrons. The van der Waals surface area contributed by atoms with E-state index in [1.165, 1.54) is 5.56 Å². The summed E-state index contributed by atoms with van der Waals surface area (Å²) < 4.78 is 2.04. The maximum absolute atomic E-state index is 13.4. The first-order valence-corrected chi connectivity index (χ1v) is 10.3. The summed E-state index contributed by atoms with van der Waals surface area (Å²) in [5.74, 6) is 0.0771. The molecule has 1 amide bonds. The molecule has 3 aromatic rings. The molecule has 0 saturated carbocycles. The summed E-state index contributed by atoms with van der Waals surface area (Å²) in [5.41, 5.74) is 5.96. The van der Waals surface area contributed by atoms with E-state index in [1.807, 2.05) is 59.0 Å².